The molecule has 1 atom stereocenters. The molecule has 1 N–H and O–H groups in total. The highest BCUT2D eigenvalue weighted by Gasteiger charge is 2.18. The maximum Gasteiger partial charge on any atom is 0.287 e. The molecule has 0 aliphatic rings. The summed E-state index contributed by atoms with van der Waals surface area (Å²) >= 11 is 0. The molecule has 0 spiro atoms. The molecule has 2 rings (SSSR count). The molecule has 106 valence electrons. The van der Waals surface area contributed by atoms with Crippen LogP contribution in [0.1, 0.15) is 20.3 Å². The number of ketones is 1. The molecule has 5 heteroatoms. The van der Waals surface area contributed by atoms with Gasteiger partial charge in [0.2, 0.25) is 5.78 Å². The lowest BCUT2D eigenvalue weighted by molar-refractivity contribution is -0.140. The first kappa shape index (κ1) is 14.2. The number of carbonyl (C=O) groups excluding carboxylic acids is 2. The molecule has 1 amide bonds. The van der Waals surface area contributed by atoms with E-state index >= 15 is 0 Å². The number of imidazole rings is 1. The number of nitrogens with zero attached hydrogens (tertiary/aromatic N) is 2. The van der Waals surface area contributed by atoms with Gasteiger partial charge in [0.15, 0.2) is 0 Å². The van der Waals surface area contributed by atoms with Gasteiger partial charge in [0.25, 0.3) is 5.91 Å². The summed E-state index contributed by atoms with van der Waals surface area (Å²) in [6.45, 7) is 4.68. The molecule has 0 unspecified atom stereocenters. The number of amides is 1. The van der Waals surface area contributed by atoms with E-state index in [9.17, 15) is 9.59 Å². The Bertz CT molecular complexity index is 618. The molecule has 0 aliphatic carbocycles. The molecule has 0 fully saturated rings. The predicted molar refractivity (Wildman–Crippen MR) is 77.2 cm³/mol. The van der Waals surface area contributed by atoms with Crippen molar-refractivity contribution in [1.82, 2.24) is 14.9 Å². The van der Waals surface area contributed by atoms with E-state index in [0.29, 0.717) is 19.5 Å². The molecule has 0 bridgehead atoms. The van der Waals surface area contributed by atoms with E-state index in [1.807, 2.05) is 35.8 Å². The van der Waals surface area contributed by atoms with E-state index in [0.717, 1.165) is 11.0 Å². The fourth-order valence-electron chi connectivity index (χ4n) is 1.97. The Morgan fingerprint density at radius 1 is 1.35 bits per heavy atom. The Labute approximate surface area is 118 Å². The summed E-state index contributed by atoms with van der Waals surface area (Å²) in [5, 5.41) is 2.66. The third-order valence-electron chi connectivity index (χ3n) is 3.45. The number of hydrogen-bond acceptors (Lipinski definition) is 3. The first-order valence-electron chi connectivity index (χ1n) is 6.85. The van der Waals surface area contributed by atoms with Crippen molar-refractivity contribution >= 4 is 22.7 Å². The summed E-state index contributed by atoms with van der Waals surface area (Å²) in [4.78, 5) is 27.6. The molecule has 1 aromatic heterocycles. The summed E-state index contributed by atoms with van der Waals surface area (Å²) in [6.07, 6.45) is 2.42. The summed E-state index contributed by atoms with van der Waals surface area (Å²) < 4.78 is 1.96. The van der Waals surface area contributed by atoms with Crippen LogP contribution in [-0.2, 0) is 16.1 Å². The highest BCUT2D eigenvalue weighted by atomic mass is 16.2. The normalized spacial score (nSPS) is 12.3. The van der Waals surface area contributed by atoms with Crippen molar-refractivity contribution in [3.63, 3.8) is 0 Å². The van der Waals surface area contributed by atoms with Crippen LogP contribution in [0.15, 0.2) is 30.6 Å². The Balaban J connectivity index is 1.90. The van der Waals surface area contributed by atoms with Gasteiger partial charge in [0.1, 0.15) is 0 Å². The zero-order valence-electron chi connectivity index (χ0n) is 11.8. The molecular formula is C15H19N3O2. The average Bonchev–Trinajstić information content (AvgIpc) is 2.89. The van der Waals surface area contributed by atoms with Crippen molar-refractivity contribution in [1.29, 1.82) is 0 Å². The van der Waals surface area contributed by atoms with Crippen LogP contribution in [0.2, 0.25) is 0 Å². The number of para-hydroxylation sites is 2. The van der Waals surface area contributed by atoms with Gasteiger partial charge in [0.05, 0.1) is 17.4 Å². The van der Waals surface area contributed by atoms with E-state index in [-0.39, 0.29) is 11.7 Å². The van der Waals surface area contributed by atoms with Crippen LogP contribution in [0, 0.1) is 5.92 Å². The van der Waals surface area contributed by atoms with E-state index in [4.69, 9.17) is 0 Å². The maximum absolute atomic E-state index is 11.6. The SMILES string of the molecule is CC[C@@H](C)C(=O)C(=O)NCCn1cnc2ccccc21. The van der Waals surface area contributed by atoms with Crippen molar-refractivity contribution in [3.8, 4) is 0 Å². The Morgan fingerprint density at radius 2 is 2.10 bits per heavy atom. The standard InChI is InChI=1S/C15H19N3O2/c1-3-11(2)14(19)15(20)16-8-9-18-10-17-12-6-4-5-7-13(12)18/h4-7,10-11H,3,8-9H2,1-2H3,(H,16,20)/t11-/m1/s1. The van der Waals surface area contributed by atoms with Gasteiger partial charge < -0.3 is 9.88 Å². The number of nitrogens with one attached hydrogen (secondary N) is 1. The van der Waals surface area contributed by atoms with Gasteiger partial charge in [-0.1, -0.05) is 26.0 Å². The number of fused-ring (bicyclic) bond motifs is 1. The van der Waals surface area contributed by atoms with Crippen LogP contribution in [-0.4, -0.2) is 27.8 Å². The molecule has 1 heterocycles. The molecular weight excluding hydrogens is 254 g/mol. The first-order valence-corrected chi connectivity index (χ1v) is 6.85. The Kier molecular flexibility index (Phi) is 4.50. The van der Waals surface area contributed by atoms with Gasteiger partial charge >= 0.3 is 0 Å². The highest BCUT2D eigenvalue weighted by Crippen LogP contribution is 2.11. The number of hydrogen-bond donors (Lipinski definition) is 1. The van der Waals surface area contributed by atoms with Crippen molar-refractivity contribution in [2.75, 3.05) is 6.54 Å². The Hall–Kier alpha value is -2.17. The molecule has 0 aliphatic heterocycles. The number of benzene rings is 1. The number of rotatable bonds is 6. The molecule has 0 saturated heterocycles. The van der Waals surface area contributed by atoms with Crippen LogP contribution in [0.3, 0.4) is 0 Å². The summed E-state index contributed by atoms with van der Waals surface area (Å²) in [5.74, 6) is -1.06. The lowest BCUT2D eigenvalue weighted by Crippen LogP contribution is -2.36. The van der Waals surface area contributed by atoms with E-state index in [2.05, 4.69) is 10.3 Å². The van der Waals surface area contributed by atoms with Gasteiger partial charge in [0, 0.05) is 19.0 Å². The average molecular weight is 273 g/mol. The monoisotopic (exact) mass is 273 g/mol. The number of aromatic nitrogens is 2. The van der Waals surface area contributed by atoms with Gasteiger partial charge in [-0.15, -0.1) is 0 Å². The van der Waals surface area contributed by atoms with Gasteiger partial charge in [-0.05, 0) is 18.6 Å². The number of carbonyl (C=O) groups is 2. The van der Waals surface area contributed by atoms with Gasteiger partial charge in [-0.2, -0.15) is 0 Å². The van der Waals surface area contributed by atoms with Crippen molar-refractivity contribution in [3.05, 3.63) is 30.6 Å². The molecule has 5 nitrogen and oxygen atoms in total. The third-order valence-corrected chi connectivity index (χ3v) is 3.45. The van der Waals surface area contributed by atoms with Crippen molar-refractivity contribution in [2.24, 2.45) is 5.92 Å². The largest absolute Gasteiger partial charge is 0.348 e. The van der Waals surface area contributed by atoms with Crippen molar-refractivity contribution < 1.29 is 9.59 Å². The first-order chi connectivity index (χ1) is 9.63. The van der Waals surface area contributed by atoms with Crippen LogP contribution in [0.4, 0.5) is 0 Å². The quantitative estimate of drug-likeness (QED) is 0.816. The topological polar surface area (TPSA) is 64.0 Å². The van der Waals surface area contributed by atoms with Gasteiger partial charge in [-0.3, -0.25) is 9.59 Å². The summed E-state index contributed by atoms with van der Waals surface area (Å²) in [5.41, 5.74) is 1.95. The van der Waals surface area contributed by atoms with E-state index in [1.165, 1.54) is 0 Å². The maximum atomic E-state index is 11.6. The van der Waals surface area contributed by atoms with Crippen LogP contribution in [0.25, 0.3) is 11.0 Å². The van der Waals surface area contributed by atoms with Gasteiger partial charge in [-0.25, -0.2) is 4.98 Å². The molecule has 0 radical (unpaired) electrons. The third kappa shape index (κ3) is 3.04. The second-order valence-electron chi connectivity index (χ2n) is 4.86. The molecule has 20 heavy (non-hydrogen) atoms. The molecule has 0 saturated carbocycles. The Morgan fingerprint density at radius 3 is 2.85 bits per heavy atom. The predicted octanol–water partition coefficient (Wildman–Crippen LogP) is 1.77. The fraction of sp³-hybridized carbons (Fsp3) is 0.400. The number of Topliss-reactive ketones (excluding diaryl/α,β-unsaturated/α-hetero) is 1. The van der Waals surface area contributed by atoms with E-state index < -0.39 is 5.91 Å². The van der Waals surface area contributed by atoms with Crippen LogP contribution in [0.5, 0.6) is 0 Å². The fourth-order valence-corrected chi connectivity index (χ4v) is 1.97. The zero-order valence-corrected chi connectivity index (χ0v) is 11.8. The second-order valence-corrected chi connectivity index (χ2v) is 4.86. The van der Waals surface area contributed by atoms with Crippen molar-refractivity contribution in [2.45, 2.75) is 26.8 Å². The minimum Gasteiger partial charge on any atom is -0.348 e. The van der Waals surface area contributed by atoms with E-state index in [1.54, 1.807) is 13.3 Å². The van der Waals surface area contributed by atoms with Crippen LogP contribution < -0.4 is 5.32 Å². The lowest BCUT2D eigenvalue weighted by atomic mass is 10.0. The summed E-state index contributed by atoms with van der Waals surface area (Å²) in [6, 6.07) is 7.81. The second kappa shape index (κ2) is 6.32. The minimum absolute atomic E-state index is 0.218. The summed E-state index contributed by atoms with van der Waals surface area (Å²) in [7, 11) is 0. The zero-order chi connectivity index (χ0) is 14.5. The molecule has 1 aromatic carbocycles. The van der Waals surface area contributed by atoms with Crippen LogP contribution >= 0.6 is 0 Å². The lowest BCUT2D eigenvalue weighted by Gasteiger charge is -2.09. The highest BCUT2D eigenvalue weighted by molar-refractivity contribution is 6.36. The minimum atomic E-state index is -0.497. The smallest absolute Gasteiger partial charge is 0.287 e. The molecule has 2 aromatic rings.